The number of carbonyl (C=O) groups excluding carboxylic acids is 1. The first-order chi connectivity index (χ1) is 11.9. The van der Waals surface area contributed by atoms with Gasteiger partial charge in [-0.1, -0.05) is 36.2 Å². The standard InChI is InChI=1S/C13H16ClNO/c1-15-13(9-5-4-8-12(13)16)10-6-2-3-7-11(10)14/h2-3,6-7,15H,4-5,8-9H2,1H3/i1D3,4D2,5D2,8D2,9D2. The summed E-state index contributed by atoms with van der Waals surface area (Å²) >= 11 is 6.04. The number of ketones is 1. The van der Waals surface area contributed by atoms with Gasteiger partial charge in [0.1, 0.15) is 5.54 Å². The summed E-state index contributed by atoms with van der Waals surface area (Å²) in [4.78, 5) is 13.1. The van der Waals surface area contributed by atoms with Crippen LogP contribution in [0.25, 0.3) is 0 Å². The first-order valence-corrected chi connectivity index (χ1v) is 4.85. The molecule has 1 aliphatic carbocycles. The minimum Gasteiger partial charge on any atom is -0.304 e. The van der Waals surface area contributed by atoms with Gasteiger partial charge in [0.25, 0.3) is 0 Å². The van der Waals surface area contributed by atoms with Crippen molar-refractivity contribution in [1.82, 2.24) is 5.32 Å². The van der Waals surface area contributed by atoms with Crippen molar-refractivity contribution in [2.75, 3.05) is 6.98 Å². The highest BCUT2D eigenvalue weighted by Crippen LogP contribution is 2.37. The number of halogens is 1. The molecular weight excluding hydrogens is 222 g/mol. The minimum absolute atomic E-state index is 0.305. The Bertz CT molecular complexity index is 776. The number of Topliss-reactive ketones (excluding diaryl/α,β-unsaturated/α-hetero) is 1. The van der Waals surface area contributed by atoms with E-state index in [0.29, 0.717) is 0 Å². The summed E-state index contributed by atoms with van der Waals surface area (Å²) in [6.45, 7) is -3.21. The van der Waals surface area contributed by atoms with Crippen LogP contribution in [0.5, 0.6) is 0 Å². The molecule has 1 aromatic rings. The predicted octanol–water partition coefficient (Wildman–Crippen LogP) is 2.90. The normalized spacial score (nSPS) is 49.3. The Hall–Kier alpha value is -0.860. The van der Waals surface area contributed by atoms with E-state index in [1.807, 2.05) is 0 Å². The Kier molecular flexibility index (Phi) is 1.17. The highest BCUT2D eigenvalue weighted by molar-refractivity contribution is 6.31. The Morgan fingerprint density at radius 2 is 2.31 bits per heavy atom. The molecule has 0 spiro atoms. The second-order valence-corrected chi connectivity index (χ2v) is 3.59. The average Bonchev–Trinajstić information content (AvgIpc) is 2.50. The zero-order chi connectivity index (χ0) is 21.3. The molecule has 1 N–H and O–H groups in total. The zero-order valence-corrected chi connectivity index (χ0v) is 8.85. The molecule has 1 fully saturated rings. The lowest BCUT2D eigenvalue weighted by molar-refractivity contribution is -0.127. The van der Waals surface area contributed by atoms with Crippen LogP contribution in [0, 0.1) is 0 Å². The molecule has 1 atom stereocenters. The van der Waals surface area contributed by atoms with E-state index in [2.05, 4.69) is 0 Å². The molecule has 1 aliphatic rings. The number of hydrogen-bond acceptors (Lipinski definition) is 2. The Morgan fingerprint density at radius 3 is 3.06 bits per heavy atom. The zero-order valence-electron chi connectivity index (χ0n) is 19.1. The lowest BCUT2D eigenvalue weighted by Gasteiger charge is -2.36. The SMILES string of the molecule is [2H]C([2H])([2H])NC1(c2ccccc2Cl)C(=O)C([2H])([2H])C([2H])([2H])C([2H])([2H])C1([2H])[2H]. The number of carbonyl (C=O) groups is 1. The highest BCUT2D eigenvalue weighted by Gasteiger charge is 2.40. The Morgan fingerprint density at radius 1 is 1.50 bits per heavy atom. The number of nitrogens with one attached hydrogen (secondary N) is 1. The molecule has 0 aliphatic heterocycles. The molecule has 16 heavy (non-hydrogen) atoms. The number of benzene rings is 1. The number of rotatable bonds is 2. The van der Waals surface area contributed by atoms with Gasteiger partial charge in [-0.3, -0.25) is 4.79 Å². The van der Waals surface area contributed by atoms with Gasteiger partial charge in [0.15, 0.2) is 5.78 Å². The molecule has 0 aromatic heterocycles. The van der Waals surface area contributed by atoms with E-state index in [1.54, 1.807) is 5.32 Å². The lowest BCUT2D eigenvalue weighted by atomic mass is 9.75. The van der Waals surface area contributed by atoms with Gasteiger partial charge >= 0.3 is 0 Å². The molecule has 86 valence electrons. The molecule has 1 saturated carbocycles. The quantitative estimate of drug-likeness (QED) is 0.872. The Balaban J connectivity index is 3.02. The summed E-state index contributed by atoms with van der Waals surface area (Å²) in [5.41, 5.74) is -3.61. The lowest BCUT2D eigenvalue weighted by Crippen LogP contribution is -2.49. The summed E-state index contributed by atoms with van der Waals surface area (Å²) in [6, 6.07) is 4.98. The van der Waals surface area contributed by atoms with E-state index in [-0.39, 0.29) is 5.02 Å². The molecule has 2 nitrogen and oxygen atoms in total. The molecule has 3 heteroatoms. The molecule has 0 heterocycles. The van der Waals surface area contributed by atoms with Crippen molar-refractivity contribution in [1.29, 1.82) is 0 Å². The van der Waals surface area contributed by atoms with Crippen LogP contribution in [0.3, 0.4) is 0 Å². The van der Waals surface area contributed by atoms with Crippen molar-refractivity contribution in [2.24, 2.45) is 0 Å². The van der Waals surface area contributed by atoms with E-state index < -0.39 is 49.4 Å². The van der Waals surface area contributed by atoms with Gasteiger partial charge in [-0.25, -0.2) is 0 Å². The van der Waals surface area contributed by atoms with Gasteiger partial charge in [0.05, 0.1) is 0 Å². The van der Waals surface area contributed by atoms with Crippen LogP contribution in [-0.4, -0.2) is 12.8 Å². The first-order valence-electron chi connectivity index (χ1n) is 9.97. The average molecular weight is 249 g/mol. The third-order valence-corrected chi connectivity index (χ3v) is 2.62. The van der Waals surface area contributed by atoms with Crippen LogP contribution in [0.15, 0.2) is 24.3 Å². The first kappa shape index (κ1) is 4.11. The Labute approximate surface area is 116 Å². The van der Waals surface area contributed by atoms with Gasteiger partial charge < -0.3 is 5.32 Å². The summed E-state index contributed by atoms with van der Waals surface area (Å²) in [5.74, 6) is -1.80. The molecule has 0 amide bonds. The second-order valence-electron chi connectivity index (χ2n) is 3.18. The minimum atomic E-state index is -3.62. The van der Waals surface area contributed by atoms with Gasteiger partial charge in [-0.05, 0) is 31.4 Å². The fourth-order valence-corrected chi connectivity index (χ4v) is 1.75. The van der Waals surface area contributed by atoms with Crippen molar-refractivity contribution in [2.45, 2.75) is 31.0 Å². The fourth-order valence-electron chi connectivity index (χ4n) is 1.47. The van der Waals surface area contributed by atoms with Crippen LogP contribution in [0.4, 0.5) is 0 Å². The molecular formula is C13H16ClNO. The van der Waals surface area contributed by atoms with E-state index in [9.17, 15) is 4.79 Å². The number of hydrogen-bond donors (Lipinski definition) is 1. The molecule has 0 bridgehead atoms. The maximum absolute atomic E-state index is 13.1. The molecule has 1 unspecified atom stereocenters. The van der Waals surface area contributed by atoms with E-state index in [0.717, 1.165) is 6.07 Å². The van der Waals surface area contributed by atoms with Crippen molar-refractivity contribution in [3.63, 3.8) is 0 Å². The monoisotopic (exact) mass is 248 g/mol. The molecule has 0 saturated heterocycles. The van der Waals surface area contributed by atoms with E-state index >= 15 is 0 Å². The fraction of sp³-hybridized carbons (Fsp3) is 0.462. The van der Waals surface area contributed by atoms with Crippen molar-refractivity contribution < 1.29 is 19.9 Å². The summed E-state index contributed by atoms with van der Waals surface area (Å²) in [7, 11) is 0. The number of likely N-dealkylation sites (N-methyl/N-ethyl adjacent to an activating group) is 1. The summed E-state index contributed by atoms with van der Waals surface area (Å²) in [5, 5.41) is 1.46. The van der Waals surface area contributed by atoms with Crippen molar-refractivity contribution in [3.8, 4) is 0 Å². The van der Waals surface area contributed by atoms with Crippen LogP contribution >= 0.6 is 11.6 Å². The maximum Gasteiger partial charge on any atom is 0.157 e. The topological polar surface area (TPSA) is 29.1 Å². The maximum atomic E-state index is 13.1. The smallest absolute Gasteiger partial charge is 0.157 e. The highest BCUT2D eigenvalue weighted by atomic mass is 35.5. The van der Waals surface area contributed by atoms with Gasteiger partial charge in [-0.2, -0.15) is 0 Å². The summed E-state index contributed by atoms with van der Waals surface area (Å²) in [6.07, 6.45) is -14.3. The summed E-state index contributed by atoms with van der Waals surface area (Å²) < 4.78 is 86.5. The van der Waals surface area contributed by atoms with Crippen molar-refractivity contribution in [3.05, 3.63) is 34.9 Å². The molecule has 2 rings (SSSR count). The van der Waals surface area contributed by atoms with Gasteiger partial charge in [0, 0.05) is 26.5 Å². The van der Waals surface area contributed by atoms with Crippen LogP contribution < -0.4 is 5.32 Å². The third kappa shape index (κ3) is 1.76. The third-order valence-electron chi connectivity index (χ3n) is 2.29. The van der Waals surface area contributed by atoms with E-state index in [4.69, 9.17) is 26.7 Å². The van der Waals surface area contributed by atoms with Gasteiger partial charge in [0.2, 0.25) is 0 Å². The molecule has 1 aromatic carbocycles. The van der Waals surface area contributed by atoms with Crippen molar-refractivity contribution >= 4 is 17.4 Å². The largest absolute Gasteiger partial charge is 0.304 e. The van der Waals surface area contributed by atoms with Crippen LogP contribution in [0.2, 0.25) is 5.02 Å². The van der Waals surface area contributed by atoms with E-state index in [1.165, 1.54) is 18.2 Å². The van der Waals surface area contributed by atoms with Crippen LogP contribution in [-0.2, 0) is 10.3 Å². The second kappa shape index (κ2) is 4.56. The van der Waals surface area contributed by atoms with Gasteiger partial charge in [-0.15, -0.1) is 0 Å². The predicted molar refractivity (Wildman–Crippen MR) is 65.7 cm³/mol. The molecule has 0 radical (unpaired) electrons. The van der Waals surface area contributed by atoms with Crippen LogP contribution in [0.1, 0.15) is 46.1 Å².